The first-order valence-corrected chi connectivity index (χ1v) is 9.50. The number of hydrogen-bond acceptors (Lipinski definition) is 7. The Hall–Kier alpha value is -2.79. The molecular weight excluding hydrogens is 377 g/mol. The first kappa shape index (κ1) is 20.5. The molecule has 0 aliphatic carbocycles. The number of hydrazine groups is 1. The maximum atomic E-state index is 14.1. The zero-order chi connectivity index (χ0) is 20.0. The van der Waals surface area contributed by atoms with E-state index >= 15 is 0 Å². The normalized spacial score (nSPS) is 11.3. The van der Waals surface area contributed by atoms with Gasteiger partial charge in [0.2, 0.25) is 21.9 Å². The first-order chi connectivity index (χ1) is 12.8. The fourth-order valence-electron chi connectivity index (χ4n) is 2.25. The quantitative estimate of drug-likeness (QED) is 0.648. The fraction of sp³-hybridized carbons (Fsp3) is 0.312. The third-order valence-electron chi connectivity index (χ3n) is 3.65. The van der Waals surface area contributed by atoms with Crippen molar-refractivity contribution in [2.75, 3.05) is 25.6 Å². The molecule has 11 heteroatoms. The van der Waals surface area contributed by atoms with Crippen LogP contribution in [0, 0.1) is 5.82 Å². The van der Waals surface area contributed by atoms with Gasteiger partial charge in [-0.25, -0.2) is 17.8 Å². The van der Waals surface area contributed by atoms with Gasteiger partial charge in [0.05, 0.1) is 17.6 Å². The molecule has 0 spiro atoms. The zero-order valence-corrected chi connectivity index (χ0v) is 15.9. The van der Waals surface area contributed by atoms with Gasteiger partial charge >= 0.3 is 0 Å². The van der Waals surface area contributed by atoms with Gasteiger partial charge < -0.3 is 4.74 Å². The first-order valence-electron chi connectivity index (χ1n) is 8.06. The molecule has 0 saturated heterocycles. The lowest BCUT2D eigenvalue weighted by Crippen LogP contribution is -2.32. The number of halogens is 1. The highest BCUT2D eigenvalue weighted by atomic mass is 32.2. The Morgan fingerprint density at radius 2 is 1.96 bits per heavy atom. The molecule has 1 amide bonds. The Kier molecular flexibility index (Phi) is 6.64. The fourth-order valence-corrected chi connectivity index (χ4v) is 3.73. The Labute approximate surface area is 156 Å². The van der Waals surface area contributed by atoms with Gasteiger partial charge in [-0.2, -0.15) is 9.29 Å². The van der Waals surface area contributed by atoms with E-state index in [4.69, 9.17) is 4.74 Å². The number of benzene rings is 1. The third kappa shape index (κ3) is 4.68. The van der Waals surface area contributed by atoms with Gasteiger partial charge in [-0.3, -0.25) is 15.6 Å². The van der Waals surface area contributed by atoms with E-state index in [0.29, 0.717) is 0 Å². The van der Waals surface area contributed by atoms with Gasteiger partial charge in [-0.1, -0.05) is 13.8 Å². The van der Waals surface area contributed by atoms with Crippen molar-refractivity contribution in [2.45, 2.75) is 18.7 Å². The van der Waals surface area contributed by atoms with Crippen LogP contribution in [0.2, 0.25) is 0 Å². The van der Waals surface area contributed by atoms with Crippen LogP contribution in [-0.4, -0.2) is 48.8 Å². The number of carbonyl (C=O) groups is 1. The predicted molar refractivity (Wildman–Crippen MR) is 96.2 cm³/mol. The third-order valence-corrected chi connectivity index (χ3v) is 5.70. The molecule has 0 aliphatic heterocycles. The van der Waals surface area contributed by atoms with E-state index in [1.807, 2.05) is 0 Å². The van der Waals surface area contributed by atoms with Gasteiger partial charge in [0, 0.05) is 25.4 Å². The number of sulfonamides is 1. The molecule has 2 rings (SSSR count). The number of ether oxygens (including phenoxy) is 1. The Bertz CT molecular complexity index is 919. The molecule has 0 atom stereocenters. The molecule has 9 nitrogen and oxygen atoms in total. The van der Waals surface area contributed by atoms with Crippen molar-refractivity contribution < 1.29 is 22.3 Å². The van der Waals surface area contributed by atoms with Gasteiger partial charge in [0.25, 0.3) is 5.91 Å². The van der Waals surface area contributed by atoms with Crippen molar-refractivity contribution in [2.24, 2.45) is 0 Å². The molecule has 0 fully saturated rings. The summed E-state index contributed by atoms with van der Waals surface area (Å²) in [7, 11) is -2.41. The Balaban J connectivity index is 2.23. The Morgan fingerprint density at radius 1 is 1.26 bits per heavy atom. The van der Waals surface area contributed by atoms with Crippen LogP contribution in [0.4, 0.5) is 10.3 Å². The minimum Gasteiger partial charge on any atom is -0.481 e. The molecule has 1 aromatic heterocycles. The number of amides is 1. The van der Waals surface area contributed by atoms with Crippen molar-refractivity contribution in [1.29, 1.82) is 0 Å². The van der Waals surface area contributed by atoms with Gasteiger partial charge in [0.1, 0.15) is 5.82 Å². The standard InChI is InChI=1S/C16H20FN5O4S/c1-4-22(5-2)27(24,25)11-6-7-13(17)12(10-11)15(23)20-21-16-18-9-8-14(19-16)26-3/h6-10H,4-5H2,1-3H3,(H,20,23)(H,18,19,21). The SMILES string of the molecule is CCN(CC)S(=O)(=O)c1ccc(F)c(C(=O)NNc2nccc(OC)n2)c1. The van der Waals surface area contributed by atoms with E-state index in [1.54, 1.807) is 13.8 Å². The number of nitrogens with one attached hydrogen (secondary N) is 2. The lowest BCUT2D eigenvalue weighted by Gasteiger charge is -2.19. The second-order valence-electron chi connectivity index (χ2n) is 5.23. The summed E-state index contributed by atoms with van der Waals surface area (Å²) < 4.78 is 45.3. The van der Waals surface area contributed by atoms with Crippen LogP contribution >= 0.6 is 0 Å². The summed E-state index contributed by atoms with van der Waals surface area (Å²) in [5, 5.41) is 0. The molecule has 2 N–H and O–H groups in total. The van der Waals surface area contributed by atoms with E-state index < -0.39 is 27.3 Å². The smallest absolute Gasteiger partial charge is 0.272 e. The van der Waals surface area contributed by atoms with Gasteiger partial charge in [-0.15, -0.1) is 0 Å². The zero-order valence-electron chi connectivity index (χ0n) is 15.1. The summed E-state index contributed by atoms with van der Waals surface area (Å²) in [6, 6.07) is 4.56. The summed E-state index contributed by atoms with van der Waals surface area (Å²) in [5.41, 5.74) is 4.21. The van der Waals surface area contributed by atoms with E-state index in [0.717, 1.165) is 18.2 Å². The summed E-state index contributed by atoms with van der Waals surface area (Å²) in [6.07, 6.45) is 1.40. The van der Waals surface area contributed by atoms with Crippen molar-refractivity contribution >= 4 is 21.9 Å². The predicted octanol–water partition coefficient (Wildman–Crippen LogP) is 1.41. The monoisotopic (exact) mass is 397 g/mol. The summed E-state index contributed by atoms with van der Waals surface area (Å²) >= 11 is 0. The lowest BCUT2D eigenvalue weighted by molar-refractivity contribution is 0.0958. The van der Waals surface area contributed by atoms with Gasteiger partial charge in [-0.05, 0) is 18.2 Å². The number of carbonyl (C=O) groups excluding carboxylic acids is 1. The molecule has 0 unspecified atom stereocenters. The summed E-state index contributed by atoms with van der Waals surface area (Å²) in [4.78, 5) is 19.9. The number of nitrogens with zero attached hydrogens (tertiary/aromatic N) is 3. The van der Waals surface area contributed by atoms with Gasteiger partial charge in [0.15, 0.2) is 0 Å². The molecular formula is C16H20FN5O4S. The topological polar surface area (TPSA) is 114 Å². The number of anilines is 1. The highest BCUT2D eigenvalue weighted by molar-refractivity contribution is 7.89. The van der Waals surface area contributed by atoms with Crippen LogP contribution < -0.4 is 15.6 Å². The van der Waals surface area contributed by atoms with E-state index in [1.165, 1.54) is 23.7 Å². The Morgan fingerprint density at radius 3 is 2.59 bits per heavy atom. The van der Waals surface area contributed by atoms with Crippen LogP contribution in [0.1, 0.15) is 24.2 Å². The molecule has 27 heavy (non-hydrogen) atoms. The van der Waals surface area contributed by atoms with Crippen molar-refractivity contribution in [3.63, 3.8) is 0 Å². The van der Waals surface area contributed by atoms with E-state index in [-0.39, 0.29) is 29.8 Å². The van der Waals surface area contributed by atoms with Crippen LogP contribution in [0.3, 0.4) is 0 Å². The highest BCUT2D eigenvalue weighted by Gasteiger charge is 2.24. The van der Waals surface area contributed by atoms with E-state index in [2.05, 4.69) is 20.8 Å². The lowest BCUT2D eigenvalue weighted by atomic mass is 10.2. The molecule has 2 aromatic rings. The van der Waals surface area contributed by atoms with Crippen LogP contribution in [0.5, 0.6) is 5.88 Å². The number of hydrogen-bond donors (Lipinski definition) is 2. The molecule has 1 heterocycles. The van der Waals surface area contributed by atoms with E-state index in [9.17, 15) is 17.6 Å². The number of methoxy groups -OCH3 is 1. The molecule has 0 bridgehead atoms. The van der Waals surface area contributed by atoms with Crippen molar-refractivity contribution in [3.05, 3.63) is 41.8 Å². The average Bonchev–Trinajstić information content (AvgIpc) is 2.67. The largest absolute Gasteiger partial charge is 0.481 e. The number of rotatable bonds is 8. The summed E-state index contributed by atoms with van der Waals surface area (Å²) in [5.74, 6) is -1.45. The van der Waals surface area contributed by atoms with Crippen molar-refractivity contribution in [3.8, 4) is 5.88 Å². The second-order valence-corrected chi connectivity index (χ2v) is 7.17. The average molecular weight is 397 g/mol. The summed E-state index contributed by atoms with van der Waals surface area (Å²) in [6.45, 7) is 3.89. The van der Waals surface area contributed by atoms with Crippen molar-refractivity contribution in [1.82, 2.24) is 19.7 Å². The van der Waals surface area contributed by atoms with Crippen LogP contribution in [0.25, 0.3) is 0 Å². The van der Waals surface area contributed by atoms with Crippen LogP contribution in [0.15, 0.2) is 35.4 Å². The minimum atomic E-state index is -3.83. The maximum absolute atomic E-state index is 14.1. The number of aromatic nitrogens is 2. The minimum absolute atomic E-state index is 0.0232. The molecule has 0 saturated carbocycles. The maximum Gasteiger partial charge on any atom is 0.272 e. The molecule has 1 aromatic carbocycles. The molecule has 146 valence electrons. The highest BCUT2D eigenvalue weighted by Crippen LogP contribution is 2.19. The molecule has 0 aliphatic rings. The second kappa shape index (κ2) is 8.73. The van der Waals surface area contributed by atoms with Crippen LogP contribution in [-0.2, 0) is 10.0 Å². The molecule has 0 radical (unpaired) electrons.